The van der Waals surface area contributed by atoms with E-state index in [0.717, 1.165) is 5.56 Å². The number of carbonyl (C=O) groups is 2. The van der Waals surface area contributed by atoms with Gasteiger partial charge in [-0.15, -0.1) is 0 Å². The van der Waals surface area contributed by atoms with Crippen molar-refractivity contribution in [1.29, 1.82) is 0 Å². The number of carbonyl (C=O) groups excluding carboxylic acids is 2. The fourth-order valence-corrected chi connectivity index (χ4v) is 6.46. The molecule has 9 heteroatoms. The van der Waals surface area contributed by atoms with Crippen molar-refractivity contribution in [1.82, 2.24) is 9.99 Å². The molecule has 1 aliphatic heterocycles. The van der Waals surface area contributed by atoms with Crippen LogP contribution in [-0.2, 0) is 20.6 Å². The van der Waals surface area contributed by atoms with E-state index in [4.69, 9.17) is 17.0 Å². The standard InChI is InChI=1S/C20H22N3O4PS/c1-3-21-20(29)28(26)22(14-18(24)27-2)17-12-8-7-11-16(17)19(25)23(28)13-15-9-5-4-6-10-15/h4-12H,3,13-14H2,1-2H3,(H,21,29). The van der Waals surface area contributed by atoms with Crippen LogP contribution in [0.25, 0.3) is 0 Å². The number of anilines is 1. The number of hydrogen-bond donors (Lipinski definition) is 1. The van der Waals surface area contributed by atoms with Gasteiger partial charge in [0.25, 0.3) is 5.91 Å². The van der Waals surface area contributed by atoms with Gasteiger partial charge in [0.05, 0.1) is 24.9 Å². The van der Waals surface area contributed by atoms with Crippen LogP contribution in [0.2, 0.25) is 0 Å². The summed E-state index contributed by atoms with van der Waals surface area (Å²) in [5.74, 6) is -0.970. The zero-order valence-corrected chi connectivity index (χ0v) is 17.9. The number of rotatable bonds is 6. The van der Waals surface area contributed by atoms with Gasteiger partial charge in [-0.2, -0.15) is 0 Å². The van der Waals surface area contributed by atoms with Crippen LogP contribution in [0, 0.1) is 0 Å². The fraction of sp³-hybridized carbons (Fsp3) is 0.250. The topological polar surface area (TPSA) is 79.0 Å². The fourth-order valence-electron chi connectivity index (χ4n) is 3.18. The summed E-state index contributed by atoms with van der Waals surface area (Å²) >= 11 is 5.47. The first-order valence-electron chi connectivity index (χ1n) is 9.12. The average molecular weight is 431 g/mol. The Balaban J connectivity index is 2.19. The molecule has 1 atom stereocenters. The van der Waals surface area contributed by atoms with Gasteiger partial charge >= 0.3 is 13.4 Å². The molecular formula is C20H22N3O4PS. The SMILES string of the molecule is CCNC(=S)P1(=O)N(Cc2ccccc2)C(=O)c2ccccc2N1CC(=O)OC. The molecule has 0 radical (unpaired) electrons. The largest absolute Gasteiger partial charge is 0.468 e. The molecule has 1 heterocycles. The molecule has 0 aromatic heterocycles. The van der Waals surface area contributed by atoms with E-state index in [2.05, 4.69) is 5.32 Å². The first kappa shape index (κ1) is 21.0. The minimum Gasteiger partial charge on any atom is -0.468 e. The van der Waals surface area contributed by atoms with Crippen molar-refractivity contribution in [2.24, 2.45) is 0 Å². The lowest BCUT2D eigenvalue weighted by Crippen LogP contribution is -2.47. The monoisotopic (exact) mass is 431 g/mol. The predicted octanol–water partition coefficient (Wildman–Crippen LogP) is 3.41. The lowest BCUT2D eigenvalue weighted by Gasteiger charge is -2.44. The number of nitrogens with one attached hydrogen (secondary N) is 1. The highest BCUT2D eigenvalue weighted by Gasteiger charge is 2.50. The number of benzene rings is 2. The molecule has 7 nitrogen and oxygen atoms in total. The number of fused-ring (bicyclic) bond motifs is 1. The van der Waals surface area contributed by atoms with Gasteiger partial charge in [0, 0.05) is 6.54 Å². The molecule has 0 aliphatic carbocycles. The second-order valence-electron chi connectivity index (χ2n) is 6.38. The van der Waals surface area contributed by atoms with Gasteiger partial charge in [0.2, 0.25) is 0 Å². The number of amides is 1. The number of nitrogens with zero attached hydrogens (tertiary/aromatic N) is 2. The average Bonchev–Trinajstić information content (AvgIpc) is 2.74. The van der Waals surface area contributed by atoms with Gasteiger partial charge in [-0.3, -0.25) is 23.5 Å². The van der Waals surface area contributed by atoms with Crippen molar-refractivity contribution < 1.29 is 18.9 Å². The molecule has 1 amide bonds. The Kier molecular flexibility index (Phi) is 6.35. The van der Waals surface area contributed by atoms with Gasteiger partial charge in [0.15, 0.2) is 4.73 Å². The van der Waals surface area contributed by atoms with E-state index < -0.39 is 19.3 Å². The molecule has 152 valence electrons. The van der Waals surface area contributed by atoms with Crippen LogP contribution in [-0.4, -0.2) is 41.5 Å². The Labute approximate surface area is 175 Å². The highest BCUT2D eigenvalue weighted by Crippen LogP contribution is 2.60. The molecular weight excluding hydrogens is 409 g/mol. The van der Waals surface area contributed by atoms with Crippen molar-refractivity contribution in [3.05, 3.63) is 65.7 Å². The summed E-state index contributed by atoms with van der Waals surface area (Å²) in [6.45, 7) is 2.05. The Morgan fingerprint density at radius 1 is 1.10 bits per heavy atom. The van der Waals surface area contributed by atoms with Gasteiger partial charge in [-0.25, -0.2) is 0 Å². The number of ether oxygens (including phenoxy) is 1. The number of esters is 1. The second-order valence-corrected chi connectivity index (χ2v) is 9.59. The molecule has 1 N–H and O–H groups in total. The predicted molar refractivity (Wildman–Crippen MR) is 116 cm³/mol. The van der Waals surface area contributed by atoms with Crippen molar-refractivity contribution >= 4 is 42.0 Å². The van der Waals surface area contributed by atoms with Crippen LogP contribution < -0.4 is 9.99 Å². The number of methoxy groups -OCH3 is 1. The Morgan fingerprint density at radius 3 is 2.41 bits per heavy atom. The van der Waals surface area contributed by atoms with Crippen molar-refractivity contribution in [3.8, 4) is 0 Å². The van der Waals surface area contributed by atoms with Gasteiger partial charge < -0.3 is 10.1 Å². The zero-order valence-electron chi connectivity index (χ0n) is 16.2. The van der Waals surface area contributed by atoms with E-state index in [9.17, 15) is 14.2 Å². The van der Waals surface area contributed by atoms with E-state index in [1.54, 1.807) is 24.3 Å². The van der Waals surface area contributed by atoms with Gasteiger partial charge in [-0.05, 0) is 24.6 Å². The Bertz CT molecular complexity index is 983. The van der Waals surface area contributed by atoms with E-state index in [0.29, 0.717) is 17.8 Å². The third-order valence-electron chi connectivity index (χ3n) is 4.58. The molecule has 29 heavy (non-hydrogen) atoms. The molecule has 3 rings (SSSR count). The van der Waals surface area contributed by atoms with E-state index in [1.807, 2.05) is 37.3 Å². The molecule has 0 saturated heterocycles. The minimum atomic E-state index is -3.83. The van der Waals surface area contributed by atoms with Gasteiger partial charge in [-0.1, -0.05) is 54.7 Å². The number of para-hydroxylation sites is 1. The van der Waals surface area contributed by atoms with E-state index >= 15 is 0 Å². The zero-order chi connectivity index (χ0) is 21.0. The van der Waals surface area contributed by atoms with Crippen LogP contribution in [0.4, 0.5) is 5.69 Å². The van der Waals surface area contributed by atoms with E-state index in [-0.39, 0.29) is 17.8 Å². The van der Waals surface area contributed by atoms with Crippen molar-refractivity contribution in [2.75, 3.05) is 24.9 Å². The number of thiocarbonyl (C=S) groups is 1. The Hall–Kier alpha value is -2.70. The first-order chi connectivity index (χ1) is 13.9. The summed E-state index contributed by atoms with van der Waals surface area (Å²) < 4.78 is 22.0. The quantitative estimate of drug-likeness (QED) is 0.427. The summed E-state index contributed by atoms with van der Waals surface area (Å²) in [5, 5.41) is 2.92. The number of hydrogen-bond acceptors (Lipinski definition) is 5. The Morgan fingerprint density at radius 2 is 1.76 bits per heavy atom. The highest BCUT2D eigenvalue weighted by atomic mass is 32.1. The van der Waals surface area contributed by atoms with Crippen LogP contribution >= 0.6 is 19.7 Å². The third kappa shape index (κ3) is 3.91. The molecule has 2 aromatic carbocycles. The normalized spacial score (nSPS) is 18.2. The summed E-state index contributed by atoms with van der Waals surface area (Å²) in [5.41, 5.74) is 1.56. The lowest BCUT2D eigenvalue weighted by atomic mass is 10.1. The maximum Gasteiger partial charge on any atom is 0.325 e. The molecule has 1 aliphatic rings. The maximum absolute atomic E-state index is 14.4. The summed E-state index contributed by atoms with van der Waals surface area (Å²) in [6.07, 6.45) is 0. The van der Waals surface area contributed by atoms with E-state index in [1.165, 1.54) is 16.5 Å². The van der Waals surface area contributed by atoms with Crippen LogP contribution in [0.3, 0.4) is 0 Å². The van der Waals surface area contributed by atoms with Crippen LogP contribution in [0.1, 0.15) is 22.8 Å². The maximum atomic E-state index is 14.4. The molecule has 0 saturated carbocycles. The van der Waals surface area contributed by atoms with Crippen LogP contribution in [0.15, 0.2) is 54.6 Å². The molecule has 0 bridgehead atoms. The molecule has 0 fully saturated rings. The summed E-state index contributed by atoms with van der Waals surface area (Å²) in [7, 11) is -2.56. The summed E-state index contributed by atoms with van der Waals surface area (Å²) in [6, 6.07) is 16.0. The smallest absolute Gasteiger partial charge is 0.325 e. The molecule has 1 unspecified atom stereocenters. The second kappa shape index (κ2) is 8.76. The van der Waals surface area contributed by atoms with Gasteiger partial charge in [0.1, 0.15) is 6.54 Å². The minimum absolute atomic E-state index is 0.0303. The van der Waals surface area contributed by atoms with Crippen molar-refractivity contribution in [2.45, 2.75) is 13.5 Å². The highest BCUT2D eigenvalue weighted by molar-refractivity contribution is 8.01. The molecule has 0 spiro atoms. The van der Waals surface area contributed by atoms with Crippen LogP contribution in [0.5, 0.6) is 0 Å². The van der Waals surface area contributed by atoms with Crippen molar-refractivity contribution in [3.63, 3.8) is 0 Å². The third-order valence-corrected chi connectivity index (χ3v) is 8.11. The lowest BCUT2D eigenvalue weighted by molar-refractivity contribution is -0.138. The summed E-state index contributed by atoms with van der Waals surface area (Å²) in [4.78, 5) is 25.5. The molecule has 2 aromatic rings. The first-order valence-corrected chi connectivity index (χ1v) is 11.1.